The third-order valence-corrected chi connectivity index (χ3v) is 4.45. The van der Waals surface area contributed by atoms with Gasteiger partial charge in [-0.2, -0.15) is 0 Å². The Kier molecular flexibility index (Phi) is 3.79. The SMILES string of the molecule is Cl.N[C@@H]1C[C@H](OC2CC2)CC12CCNCC2. The Balaban J connectivity index is 0.000000963. The van der Waals surface area contributed by atoms with Crippen LogP contribution in [0.4, 0.5) is 0 Å². The van der Waals surface area contributed by atoms with Crippen molar-refractivity contribution in [2.75, 3.05) is 13.1 Å². The Hall–Kier alpha value is 0.170. The minimum absolute atomic E-state index is 0. The maximum Gasteiger partial charge on any atom is 0.0599 e. The van der Waals surface area contributed by atoms with Gasteiger partial charge in [-0.3, -0.25) is 0 Å². The first-order valence-corrected chi connectivity index (χ1v) is 6.40. The molecular formula is C12H23ClN2O. The summed E-state index contributed by atoms with van der Waals surface area (Å²) in [4.78, 5) is 0. The van der Waals surface area contributed by atoms with Crippen molar-refractivity contribution in [2.45, 2.75) is 56.8 Å². The lowest BCUT2D eigenvalue weighted by molar-refractivity contribution is 0.0327. The molecule has 3 aliphatic rings. The zero-order valence-electron chi connectivity index (χ0n) is 9.78. The Labute approximate surface area is 104 Å². The van der Waals surface area contributed by atoms with E-state index in [1.807, 2.05) is 0 Å². The molecule has 16 heavy (non-hydrogen) atoms. The van der Waals surface area contributed by atoms with Crippen LogP contribution in [0.2, 0.25) is 0 Å². The zero-order chi connectivity index (χ0) is 10.3. The van der Waals surface area contributed by atoms with E-state index in [4.69, 9.17) is 10.5 Å². The van der Waals surface area contributed by atoms with Crippen LogP contribution >= 0.6 is 12.4 Å². The van der Waals surface area contributed by atoms with Crippen LogP contribution in [0.15, 0.2) is 0 Å². The van der Waals surface area contributed by atoms with E-state index in [-0.39, 0.29) is 12.4 Å². The number of piperidine rings is 1. The highest BCUT2D eigenvalue weighted by Gasteiger charge is 2.47. The first kappa shape index (κ1) is 12.6. The fraction of sp³-hybridized carbons (Fsp3) is 1.00. The van der Waals surface area contributed by atoms with E-state index < -0.39 is 0 Å². The van der Waals surface area contributed by atoms with Crippen molar-refractivity contribution in [1.82, 2.24) is 5.32 Å². The Morgan fingerprint density at radius 2 is 1.81 bits per heavy atom. The molecule has 0 aromatic rings. The molecular weight excluding hydrogens is 224 g/mol. The minimum atomic E-state index is 0. The first-order valence-electron chi connectivity index (χ1n) is 6.40. The third-order valence-electron chi connectivity index (χ3n) is 4.45. The van der Waals surface area contributed by atoms with Crippen LogP contribution in [-0.4, -0.2) is 31.3 Å². The van der Waals surface area contributed by atoms with E-state index in [9.17, 15) is 0 Å². The number of nitrogens with one attached hydrogen (secondary N) is 1. The van der Waals surface area contributed by atoms with Gasteiger partial charge in [0.1, 0.15) is 0 Å². The van der Waals surface area contributed by atoms with Gasteiger partial charge in [0.2, 0.25) is 0 Å². The lowest BCUT2D eigenvalue weighted by atomic mass is 9.75. The van der Waals surface area contributed by atoms with Crippen LogP contribution in [0, 0.1) is 5.41 Å². The summed E-state index contributed by atoms with van der Waals surface area (Å²) in [5, 5.41) is 3.43. The highest BCUT2D eigenvalue weighted by Crippen LogP contribution is 2.46. The van der Waals surface area contributed by atoms with E-state index >= 15 is 0 Å². The Morgan fingerprint density at radius 1 is 1.12 bits per heavy atom. The largest absolute Gasteiger partial charge is 0.375 e. The Morgan fingerprint density at radius 3 is 2.44 bits per heavy atom. The van der Waals surface area contributed by atoms with Crippen molar-refractivity contribution in [1.29, 1.82) is 0 Å². The molecule has 0 bridgehead atoms. The van der Waals surface area contributed by atoms with Crippen LogP contribution in [0.3, 0.4) is 0 Å². The summed E-state index contributed by atoms with van der Waals surface area (Å²) in [6.45, 7) is 2.29. The average Bonchev–Trinajstić information content (AvgIpc) is 2.98. The van der Waals surface area contributed by atoms with Gasteiger partial charge in [-0.15, -0.1) is 12.4 Å². The summed E-state index contributed by atoms with van der Waals surface area (Å²) in [5.41, 5.74) is 6.73. The molecule has 0 radical (unpaired) electrons. The van der Waals surface area contributed by atoms with E-state index in [1.54, 1.807) is 0 Å². The quantitative estimate of drug-likeness (QED) is 0.775. The average molecular weight is 247 g/mol. The number of hydrogen-bond donors (Lipinski definition) is 2. The molecule has 3 rings (SSSR count). The van der Waals surface area contributed by atoms with Crippen molar-refractivity contribution in [2.24, 2.45) is 11.1 Å². The number of hydrogen-bond acceptors (Lipinski definition) is 3. The molecule has 3 nitrogen and oxygen atoms in total. The van der Waals surface area contributed by atoms with E-state index in [2.05, 4.69) is 5.32 Å². The monoisotopic (exact) mass is 246 g/mol. The predicted molar refractivity (Wildman–Crippen MR) is 66.9 cm³/mol. The molecule has 3 fully saturated rings. The summed E-state index contributed by atoms with van der Waals surface area (Å²) in [5.74, 6) is 0. The van der Waals surface area contributed by atoms with Crippen LogP contribution in [-0.2, 0) is 4.74 Å². The summed E-state index contributed by atoms with van der Waals surface area (Å²) < 4.78 is 6.02. The second-order valence-corrected chi connectivity index (χ2v) is 5.62. The van der Waals surface area contributed by atoms with Gasteiger partial charge in [0.25, 0.3) is 0 Å². The van der Waals surface area contributed by atoms with Crippen LogP contribution in [0.5, 0.6) is 0 Å². The maximum atomic E-state index is 6.32. The van der Waals surface area contributed by atoms with Crippen molar-refractivity contribution in [3.63, 3.8) is 0 Å². The lowest BCUT2D eigenvalue weighted by Crippen LogP contribution is -2.45. The standard InChI is InChI=1S/C12H22N2O.ClH/c13-11-7-10(15-9-1-2-9)8-12(11)3-5-14-6-4-12;/h9-11,14H,1-8,13H2;1H/t10-,11+;/m0./s1. The van der Waals surface area contributed by atoms with Gasteiger partial charge < -0.3 is 15.8 Å². The van der Waals surface area contributed by atoms with Gasteiger partial charge in [-0.25, -0.2) is 0 Å². The number of rotatable bonds is 2. The van der Waals surface area contributed by atoms with Crippen molar-refractivity contribution >= 4 is 12.4 Å². The van der Waals surface area contributed by atoms with E-state index in [0.29, 0.717) is 23.7 Å². The highest BCUT2D eigenvalue weighted by molar-refractivity contribution is 5.85. The summed E-state index contributed by atoms with van der Waals surface area (Å²) in [6, 6.07) is 0.378. The van der Waals surface area contributed by atoms with Gasteiger partial charge >= 0.3 is 0 Å². The second-order valence-electron chi connectivity index (χ2n) is 5.62. The number of ether oxygens (including phenoxy) is 1. The molecule has 3 N–H and O–H groups in total. The number of halogens is 1. The van der Waals surface area contributed by atoms with Gasteiger partial charge in [-0.05, 0) is 57.0 Å². The summed E-state index contributed by atoms with van der Waals surface area (Å²) in [7, 11) is 0. The molecule has 0 unspecified atom stereocenters. The fourth-order valence-electron chi connectivity index (χ4n) is 3.30. The molecule has 94 valence electrons. The first-order chi connectivity index (χ1) is 7.28. The van der Waals surface area contributed by atoms with Gasteiger partial charge in [-0.1, -0.05) is 0 Å². The van der Waals surface area contributed by atoms with Gasteiger partial charge in [0.15, 0.2) is 0 Å². The van der Waals surface area contributed by atoms with E-state index in [0.717, 1.165) is 19.5 Å². The third kappa shape index (κ3) is 2.37. The van der Waals surface area contributed by atoms with Gasteiger partial charge in [0.05, 0.1) is 12.2 Å². The van der Waals surface area contributed by atoms with Crippen molar-refractivity contribution in [3.8, 4) is 0 Å². The zero-order valence-corrected chi connectivity index (χ0v) is 10.6. The van der Waals surface area contributed by atoms with Crippen molar-refractivity contribution < 1.29 is 4.74 Å². The normalized spacial score (nSPS) is 37.3. The maximum absolute atomic E-state index is 6.32. The Bertz CT molecular complexity index is 239. The second kappa shape index (κ2) is 4.81. The fourth-order valence-corrected chi connectivity index (χ4v) is 3.30. The van der Waals surface area contributed by atoms with Crippen LogP contribution in [0.1, 0.15) is 38.5 Å². The number of nitrogens with two attached hydrogens (primary N) is 1. The van der Waals surface area contributed by atoms with Crippen LogP contribution in [0.25, 0.3) is 0 Å². The molecule has 2 saturated carbocycles. The molecule has 0 aromatic carbocycles. The van der Waals surface area contributed by atoms with E-state index in [1.165, 1.54) is 32.1 Å². The molecule has 0 amide bonds. The van der Waals surface area contributed by atoms with Crippen molar-refractivity contribution in [3.05, 3.63) is 0 Å². The molecule has 1 aliphatic heterocycles. The molecule has 4 heteroatoms. The van der Waals surface area contributed by atoms with Crippen LogP contribution < -0.4 is 11.1 Å². The van der Waals surface area contributed by atoms with Gasteiger partial charge in [0, 0.05) is 6.04 Å². The highest BCUT2D eigenvalue weighted by atomic mass is 35.5. The molecule has 1 heterocycles. The predicted octanol–water partition coefficient (Wildman–Crippen LogP) is 1.45. The molecule has 2 aliphatic carbocycles. The molecule has 2 atom stereocenters. The molecule has 0 aromatic heterocycles. The molecule has 1 saturated heterocycles. The lowest BCUT2D eigenvalue weighted by Gasteiger charge is -2.37. The minimum Gasteiger partial charge on any atom is -0.375 e. The smallest absolute Gasteiger partial charge is 0.0599 e. The summed E-state index contributed by atoms with van der Waals surface area (Å²) >= 11 is 0. The topological polar surface area (TPSA) is 47.3 Å². The molecule has 1 spiro atoms. The summed E-state index contributed by atoms with van der Waals surface area (Å²) in [6.07, 6.45) is 8.41.